The number of ether oxygens (including phenoxy) is 1. The lowest BCUT2D eigenvalue weighted by atomic mass is 10.2. The summed E-state index contributed by atoms with van der Waals surface area (Å²) in [5.74, 6) is 0.313. The minimum Gasteiger partial charge on any atom is -0.461 e. The lowest BCUT2D eigenvalue weighted by molar-refractivity contribution is -0.0156. The summed E-state index contributed by atoms with van der Waals surface area (Å²) in [5.41, 5.74) is 0.720. The van der Waals surface area contributed by atoms with Gasteiger partial charge in [0.2, 0.25) is 16.3 Å². The highest BCUT2D eigenvalue weighted by Crippen LogP contribution is 2.33. The molecule has 0 saturated carbocycles. The van der Waals surface area contributed by atoms with Crippen molar-refractivity contribution in [3.05, 3.63) is 18.2 Å². The first kappa shape index (κ1) is 11.2. The second-order valence-electron chi connectivity index (χ2n) is 3.63. The van der Waals surface area contributed by atoms with E-state index in [0.717, 1.165) is 5.69 Å². The van der Waals surface area contributed by atoms with E-state index in [4.69, 9.17) is 9.88 Å². The van der Waals surface area contributed by atoms with Gasteiger partial charge >= 0.3 is 0 Å². The number of rotatable bonds is 1. The number of nitrogens with zero attached hydrogens (tertiary/aromatic N) is 1. The van der Waals surface area contributed by atoms with E-state index in [1.165, 1.54) is 12.1 Å². The van der Waals surface area contributed by atoms with Crippen molar-refractivity contribution in [1.82, 2.24) is 0 Å². The van der Waals surface area contributed by atoms with E-state index < -0.39 is 16.3 Å². The molecule has 0 spiro atoms. The van der Waals surface area contributed by atoms with Gasteiger partial charge in [-0.25, -0.2) is 13.6 Å². The highest BCUT2D eigenvalue weighted by molar-refractivity contribution is 7.89. The molecule has 1 aliphatic rings. The van der Waals surface area contributed by atoms with Crippen molar-refractivity contribution >= 4 is 15.7 Å². The molecule has 0 aromatic heterocycles. The molecule has 88 valence electrons. The van der Waals surface area contributed by atoms with Crippen LogP contribution in [0.1, 0.15) is 0 Å². The standard InChI is InChI=1S/C9H12N2O4S/c1-11-5-9(12)15-8-4-6(16(10,13)14)2-3-7(8)11/h2-4,9,12H,5H2,1H3,(H2,10,13,14). The number of anilines is 1. The van der Waals surface area contributed by atoms with Gasteiger partial charge in [0, 0.05) is 13.1 Å². The van der Waals surface area contributed by atoms with E-state index in [1.54, 1.807) is 18.0 Å². The Morgan fingerprint density at radius 2 is 2.25 bits per heavy atom. The molecule has 6 nitrogen and oxygen atoms in total. The molecule has 1 heterocycles. The van der Waals surface area contributed by atoms with Gasteiger partial charge in [0.25, 0.3) is 0 Å². The zero-order chi connectivity index (χ0) is 11.9. The van der Waals surface area contributed by atoms with E-state index in [0.29, 0.717) is 12.3 Å². The maximum atomic E-state index is 11.1. The normalized spacial score (nSPS) is 20.2. The van der Waals surface area contributed by atoms with Crippen LogP contribution in [0.25, 0.3) is 0 Å². The van der Waals surface area contributed by atoms with Crippen LogP contribution < -0.4 is 14.8 Å². The van der Waals surface area contributed by atoms with Crippen molar-refractivity contribution in [2.24, 2.45) is 5.14 Å². The maximum absolute atomic E-state index is 11.1. The monoisotopic (exact) mass is 244 g/mol. The molecule has 0 fully saturated rings. The Balaban J connectivity index is 2.50. The van der Waals surface area contributed by atoms with Crippen LogP contribution in [-0.4, -0.2) is 33.4 Å². The van der Waals surface area contributed by atoms with Crippen molar-refractivity contribution in [2.45, 2.75) is 11.2 Å². The highest BCUT2D eigenvalue weighted by Gasteiger charge is 2.23. The second-order valence-corrected chi connectivity index (χ2v) is 5.19. The predicted molar refractivity (Wildman–Crippen MR) is 57.7 cm³/mol. The average molecular weight is 244 g/mol. The Morgan fingerprint density at radius 3 is 2.88 bits per heavy atom. The van der Waals surface area contributed by atoms with Gasteiger partial charge in [-0.2, -0.15) is 0 Å². The van der Waals surface area contributed by atoms with Crippen LogP contribution in [0, 0.1) is 0 Å². The van der Waals surface area contributed by atoms with Crippen LogP contribution in [0.2, 0.25) is 0 Å². The molecule has 0 aliphatic carbocycles. The lowest BCUT2D eigenvalue weighted by Gasteiger charge is -2.31. The summed E-state index contributed by atoms with van der Waals surface area (Å²) < 4.78 is 27.4. The molecule has 1 atom stereocenters. The Labute approximate surface area is 93.3 Å². The summed E-state index contributed by atoms with van der Waals surface area (Å²) in [4.78, 5) is 1.74. The number of β-amino-alcohol motifs (C(OH)–C–C–N with tert-alkyl or cyclic N) is 1. The van der Waals surface area contributed by atoms with E-state index in [-0.39, 0.29) is 4.90 Å². The van der Waals surface area contributed by atoms with E-state index in [9.17, 15) is 13.5 Å². The number of sulfonamides is 1. The van der Waals surface area contributed by atoms with Crippen LogP contribution in [0.5, 0.6) is 5.75 Å². The van der Waals surface area contributed by atoms with Crippen molar-refractivity contribution in [2.75, 3.05) is 18.5 Å². The number of fused-ring (bicyclic) bond motifs is 1. The number of aliphatic hydroxyl groups excluding tert-OH is 1. The van der Waals surface area contributed by atoms with Gasteiger partial charge in [-0.15, -0.1) is 0 Å². The molecule has 3 N–H and O–H groups in total. The Kier molecular flexibility index (Phi) is 2.53. The molecular formula is C9H12N2O4S. The third-order valence-corrected chi connectivity index (χ3v) is 3.28. The number of hydrogen-bond acceptors (Lipinski definition) is 5. The van der Waals surface area contributed by atoms with Gasteiger partial charge in [-0.3, -0.25) is 0 Å². The van der Waals surface area contributed by atoms with Gasteiger partial charge in [-0.05, 0) is 12.1 Å². The Bertz CT molecular complexity index is 514. The first-order valence-electron chi connectivity index (χ1n) is 4.60. The molecule has 2 rings (SSSR count). The summed E-state index contributed by atoms with van der Waals surface area (Å²) in [6, 6.07) is 4.32. The summed E-state index contributed by atoms with van der Waals surface area (Å²) in [7, 11) is -1.97. The van der Waals surface area contributed by atoms with Crippen molar-refractivity contribution in [3.8, 4) is 5.75 Å². The van der Waals surface area contributed by atoms with Gasteiger partial charge < -0.3 is 14.7 Å². The van der Waals surface area contributed by atoms with Crippen LogP contribution >= 0.6 is 0 Å². The fraction of sp³-hybridized carbons (Fsp3) is 0.333. The van der Waals surface area contributed by atoms with E-state index in [2.05, 4.69) is 0 Å². The smallest absolute Gasteiger partial charge is 0.238 e. The van der Waals surface area contributed by atoms with Gasteiger partial charge in [-0.1, -0.05) is 0 Å². The first-order chi connectivity index (χ1) is 7.38. The van der Waals surface area contributed by atoms with Crippen LogP contribution in [0.15, 0.2) is 23.1 Å². The minimum atomic E-state index is -3.75. The second kappa shape index (κ2) is 3.62. The highest BCUT2D eigenvalue weighted by atomic mass is 32.2. The summed E-state index contributed by atoms with van der Waals surface area (Å²) in [6.07, 6.45) is -0.965. The molecule has 16 heavy (non-hydrogen) atoms. The fourth-order valence-electron chi connectivity index (χ4n) is 1.60. The van der Waals surface area contributed by atoms with Crippen molar-refractivity contribution in [3.63, 3.8) is 0 Å². The molecule has 1 unspecified atom stereocenters. The quantitative estimate of drug-likeness (QED) is 0.693. The van der Waals surface area contributed by atoms with Crippen molar-refractivity contribution < 1.29 is 18.3 Å². The summed E-state index contributed by atoms with van der Waals surface area (Å²) in [5, 5.41) is 14.4. The number of likely N-dealkylation sites (N-methyl/N-ethyl adjacent to an activating group) is 1. The topological polar surface area (TPSA) is 92.9 Å². The third-order valence-electron chi connectivity index (χ3n) is 2.36. The fourth-order valence-corrected chi connectivity index (χ4v) is 2.13. The first-order valence-corrected chi connectivity index (χ1v) is 6.15. The predicted octanol–water partition coefficient (Wildman–Crippen LogP) is -0.519. The van der Waals surface area contributed by atoms with Crippen LogP contribution in [0.4, 0.5) is 5.69 Å². The number of primary sulfonamides is 1. The van der Waals surface area contributed by atoms with E-state index in [1.807, 2.05) is 0 Å². The molecule has 7 heteroatoms. The number of nitrogens with two attached hydrogens (primary N) is 1. The lowest BCUT2D eigenvalue weighted by Crippen LogP contribution is -2.37. The van der Waals surface area contributed by atoms with Gasteiger partial charge in [0.05, 0.1) is 17.1 Å². The molecule has 0 bridgehead atoms. The van der Waals surface area contributed by atoms with Crippen molar-refractivity contribution in [1.29, 1.82) is 0 Å². The molecule has 1 aromatic carbocycles. The molecule has 0 saturated heterocycles. The zero-order valence-electron chi connectivity index (χ0n) is 8.62. The maximum Gasteiger partial charge on any atom is 0.238 e. The zero-order valence-corrected chi connectivity index (χ0v) is 9.44. The molecule has 1 aromatic rings. The summed E-state index contributed by atoms with van der Waals surface area (Å²) >= 11 is 0. The number of benzene rings is 1. The van der Waals surface area contributed by atoms with Crippen LogP contribution in [-0.2, 0) is 10.0 Å². The number of aliphatic hydroxyl groups is 1. The Hall–Kier alpha value is -1.31. The third kappa shape index (κ3) is 1.97. The molecule has 0 radical (unpaired) electrons. The van der Waals surface area contributed by atoms with Gasteiger partial charge in [0.15, 0.2) is 0 Å². The van der Waals surface area contributed by atoms with Crippen LogP contribution in [0.3, 0.4) is 0 Å². The Morgan fingerprint density at radius 1 is 1.56 bits per heavy atom. The van der Waals surface area contributed by atoms with Gasteiger partial charge in [0.1, 0.15) is 5.75 Å². The summed E-state index contributed by atoms with van der Waals surface area (Å²) in [6.45, 7) is 0.335. The largest absolute Gasteiger partial charge is 0.461 e. The van der Waals surface area contributed by atoms with E-state index >= 15 is 0 Å². The molecule has 1 aliphatic heterocycles. The minimum absolute atomic E-state index is 0.0336. The molecular weight excluding hydrogens is 232 g/mol. The molecule has 0 amide bonds. The SMILES string of the molecule is CN1CC(O)Oc2cc(S(N)(=O)=O)ccc21. The average Bonchev–Trinajstić information content (AvgIpc) is 2.15. The number of hydrogen-bond donors (Lipinski definition) is 2.